The summed E-state index contributed by atoms with van der Waals surface area (Å²) in [6.45, 7) is 9.29. The number of halogens is 1. The van der Waals surface area contributed by atoms with Crippen molar-refractivity contribution in [3.05, 3.63) is 44.3 Å². The Morgan fingerprint density at radius 1 is 1.23 bits per heavy atom. The van der Waals surface area contributed by atoms with Gasteiger partial charge in [-0.1, -0.05) is 11.6 Å². The fourth-order valence-electron chi connectivity index (χ4n) is 3.42. The molecule has 1 aromatic heterocycles. The van der Waals surface area contributed by atoms with Crippen LogP contribution in [-0.4, -0.2) is 48.7 Å². The molecule has 0 aliphatic carbocycles. The number of aryl methyl sites for hydroxylation is 2. The van der Waals surface area contributed by atoms with Gasteiger partial charge < -0.3 is 14.1 Å². The lowest BCUT2D eigenvalue weighted by Crippen LogP contribution is -2.48. The van der Waals surface area contributed by atoms with Gasteiger partial charge >= 0.3 is 11.7 Å². The maximum atomic E-state index is 12.0. The highest BCUT2D eigenvalue weighted by molar-refractivity contribution is 6.33. The lowest BCUT2D eigenvalue weighted by molar-refractivity contribution is 0.0779. The first-order valence-electron chi connectivity index (χ1n) is 8.77. The highest BCUT2D eigenvalue weighted by Crippen LogP contribution is 2.31. The minimum atomic E-state index is -0.362. The van der Waals surface area contributed by atoms with E-state index in [0.717, 1.165) is 35.2 Å². The monoisotopic (exact) mass is 378 g/mol. The molecule has 0 radical (unpaired) electrons. The van der Waals surface area contributed by atoms with Gasteiger partial charge in [0.25, 0.3) is 0 Å². The SMILES string of the molecule is CCOC(=O)N1CCN(Cc2cc(=O)oc3cc(C)c(Cl)c(C)c23)CC1. The van der Waals surface area contributed by atoms with Crippen molar-refractivity contribution in [2.24, 2.45) is 0 Å². The van der Waals surface area contributed by atoms with Gasteiger partial charge in [-0.3, -0.25) is 4.90 Å². The second kappa shape index (κ2) is 7.68. The quantitative estimate of drug-likeness (QED) is 0.766. The molecular weight excluding hydrogens is 356 g/mol. The Labute approximate surface area is 157 Å². The molecule has 1 aliphatic rings. The molecule has 7 heteroatoms. The van der Waals surface area contributed by atoms with Gasteiger partial charge in [0.2, 0.25) is 0 Å². The molecule has 1 saturated heterocycles. The number of hydrogen-bond donors (Lipinski definition) is 0. The summed E-state index contributed by atoms with van der Waals surface area (Å²) < 4.78 is 10.4. The first kappa shape index (κ1) is 18.7. The van der Waals surface area contributed by atoms with Gasteiger partial charge in [-0.15, -0.1) is 0 Å². The third kappa shape index (κ3) is 3.71. The summed E-state index contributed by atoms with van der Waals surface area (Å²) in [5.74, 6) is 0. The van der Waals surface area contributed by atoms with Crippen LogP contribution in [0.5, 0.6) is 0 Å². The van der Waals surface area contributed by atoms with Gasteiger partial charge in [-0.05, 0) is 43.5 Å². The molecular formula is C19H23ClN2O4. The predicted octanol–water partition coefficient (Wildman–Crippen LogP) is 3.34. The molecule has 6 nitrogen and oxygen atoms in total. The van der Waals surface area contributed by atoms with Crippen molar-refractivity contribution < 1.29 is 13.9 Å². The second-order valence-electron chi connectivity index (χ2n) is 6.56. The van der Waals surface area contributed by atoms with Crippen molar-refractivity contribution in [2.75, 3.05) is 32.8 Å². The number of ether oxygens (including phenoxy) is 1. The van der Waals surface area contributed by atoms with E-state index in [9.17, 15) is 9.59 Å². The van der Waals surface area contributed by atoms with Crippen molar-refractivity contribution >= 4 is 28.7 Å². The predicted molar refractivity (Wildman–Crippen MR) is 101 cm³/mol. The molecule has 3 rings (SSSR count). The van der Waals surface area contributed by atoms with E-state index in [1.807, 2.05) is 19.9 Å². The van der Waals surface area contributed by atoms with Gasteiger partial charge in [-0.2, -0.15) is 0 Å². The van der Waals surface area contributed by atoms with Crippen LogP contribution in [0.1, 0.15) is 23.6 Å². The summed E-state index contributed by atoms with van der Waals surface area (Å²) in [4.78, 5) is 27.7. The average molecular weight is 379 g/mol. The molecule has 26 heavy (non-hydrogen) atoms. The van der Waals surface area contributed by atoms with Crippen LogP contribution >= 0.6 is 11.6 Å². The lowest BCUT2D eigenvalue weighted by Gasteiger charge is -2.34. The van der Waals surface area contributed by atoms with Gasteiger partial charge in [0.1, 0.15) is 5.58 Å². The topological polar surface area (TPSA) is 63.0 Å². The number of fused-ring (bicyclic) bond motifs is 1. The van der Waals surface area contributed by atoms with Crippen LogP contribution in [0.3, 0.4) is 0 Å². The normalized spacial score (nSPS) is 15.5. The number of amides is 1. The number of carbonyl (C=O) groups excluding carboxylic acids is 1. The van der Waals surface area contributed by atoms with Gasteiger partial charge in [0.15, 0.2) is 0 Å². The van der Waals surface area contributed by atoms with Crippen LogP contribution in [0.15, 0.2) is 21.3 Å². The number of carbonyl (C=O) groups is 1. The molecule has 140 valence electrons. The third-order valence-electron chi connectivity index (χ3n) is 4.76. The Balaban J connectivity index is 1.83. The lowest BCUT2D eigenvalue weighted by atomic mass is 10.0. The first-order chi connectivity index (χ1) is 12.4. The highest BCUT2D eigenvalue weighted by atomic mass is 35.5. The van der Waals surface area contributed by atoms with Crippen LogP contribution in [0, 0.1) is 13.8 Å². The number of rotatable bonds is 3. The maximum absolute atomic E-state index is 12.0. The zero-order valence-electron chi connectivity index (χ0n) is 15.3. The minimum Gasteiger partial charge on any atom is -0.450 e. The number of nitrogens with zero attached hydrogens (tertiary/aromatic N) is 2. The molecule has 0 unspecified atom stereocenters. The molecule has 1 amide bonds. The Kier molecular flexibility index (Phi) is 5.53. The van der Waals surface area contributed by atoms with Crippen molar-refractivity contribution in [3.8, 4) is 0 Å². The van der Waals surface area contributed by atoms with Crippen LogP contribution in [0.4, 0.5) is 4.79 Å². The zero-order chi connectivity index (χ0) is 18.8. The first-order valence-corrected chi connectivity index (χ1v) is 9.15. The molecule has 0 atom stereocenters. The summed E-state index contributed by atoms with van der Waals surface area (Å²) in [5, 5.41) is 1.59. The molecule has 0 N–H and O–H groups in total. The van der Waals surface area contributed by atoms with E-state index < -0.39 is 0 Å². The van der Waals surface area contributed by atoms with Gasteiger partial charge in [-0.25, -0.2) is 9.59 Å². The summed E-state index contributed by atoms with van der Waals surface area (Å²) in [5.41, 5.74) is 2.92. The van der Waals surface area contributed by atoms with E-state index in [1.54, 1.807) is 17.9 Å². The van der Waals surface area contributed by atoms with Crippen molar-refractivity contribution in [1.82, 2.24) is 9.80 Å². The van der Waals surface area contributed by atoms with Crippen molar-refractivity contribution in [3.63, 3.8) is 0 Å². The number of hydrogen-bond acceptors (Lipinski definition) is 5. The molecule has 2 aromatic rings. The fraction of sp³-hybridized carbons (Fsp3) is 0.474. The number of piperazine rings is 1. The van der Waals surface area contributed by atoms with E-state index in [0.29, 0.717) is 36.8 Å². The Hall–Kier alpha value is -2.05. The Bertz CT molecular complexity index is 885. The van der Waals surface area contributed by atoms with Crippen LogP contribution in [0.2, 0.25) is 5.02 Å². The van der Waals surface area contributed by atoms with Crippen LogP contribution in [0.25, 0.3) is 11.0 Å². The standard InChI is InChI=1S/C19H23ClN2O4/c1-4-25-19(24)22-7-5-21(6-8-22)11-14-10-16(23)26-15-9-12(2)18(20)13(3)17(14)15/h9-10H,4-8,11H2,1-3H3. The Morgan fingerprint density at radius 2 is 1.92 bits per heavy atom. The van der Waals surface area contributed by atoms with Crippen LogP contribution < -0.4 is 5.63 Å². The average Bonchev–Trinajstić information content (AvgIpc) is 2.60. The third-order valence-corrected chi connectivity index (χ3v) is 5.34. The molecule has 1 aliphatic heterocycles. The highest BCUT2D eigenvalue weighted by Gasteiger charge is 2.23. The zero-order valence-corrected chi connectivity index (χ0v) is 16.1. The van der Waals surface area contributed by atoms with Gasteiger partial charge in [0, 0.05) is 49.2 Å². The smallest absolute Gasteiger partial charge is 0.409 e. The molecule has 2 heterocycles. The molecule has 0 spiro atoms. The summed E-state index contributed by atoms with van der Waals surface area (Å²) in [7, 11) is 0. The maximum Gasteiger partial charge on any atom is 0.409 e. The summed E-state index contributed by atoms with van der Waals surface area (Å²) >= 11 is 6.40. The molecule has 0 saturated carbocycles. The fourth-order valence-corrected chi connectivity index (χ4v) is 3.57. The van der Waals surface area contributed by atoms with Crippen LogP contribution in [-0.2, 0) is 11.3 Å². The Morgan fingerprint density at radius 3 is 2.58 bits per heavy atom. The van der Waals surface area contributed by atoms with E-state index in [1.165, 1.54) is 0 Å². The van der Waals surface area contributed by atoms with E-state index in [2.05, 4.69) is 4.90 Å². The van der Waals surface area contributed by atoms with E-state index >= 15 is 0 Å². The molecule has 1 aromatic carbocycles. The molecule has 1 fully saturated rings. The van der Waals surface area contributed by atoms with Gasteiger partial charge in [0.05, 0.1) is 6.61 Å². The van der Waals surface area contributed by atoms with E-state index in [4.69, 9.17) is 20.8 Å². The van der Waals surface area contributed by atoms with Crippen molar-refractivity contribution in [1.29, 1.82) is 0 Å². The molecule has 0 bridgehead atoms. The number of benzene rings is 1. The minimum absolute atomic E-state index is 0.268. The van der Waals surface area contributed by atoms with Crippen molar-refractivity contribution in [2.45, 2.75) is 27.3 Å². The summed E-state index contributed by atoms with van der Waals surface area (Å²) in [6.07, 6.45) is -0.268. The van der Waals surface area contributed by atoms with E-state index in [-0.39, 0.29) is 11.7 Å². The second-order valence-corrected chi connectivity index (χ2v) is 6.94. The summed E-state index contributed by atoms with van der Waals surface area (Å²) in [6, 6.07) is 3.35. The largest absolute Gasteiger partial charge is 0.450 e.